The van der Waals surface area contributed by atoms with Gasteiger partial charge < -0.3 is 20.3 Å². The van der Waals surface area contributed by atoms with Crippen molar-refractivity contribution in [1.29, 1.82) is 0 Å². The van der Waals surface area contributed by atoms with E-state index in [4.69, 9.17) is 4.74 Å². The molecular formula is C54H97NO5. The maximum Gasteiger partial charge on any atom is 0.306 e. The molecule has 6 nitrogen and oxygen atoms in total. The van der Waals surface area contributed by atoms with Gasteiger partial charge in [-0.1, -0.05) is 204 Å². The van der Waals surface area contributed by atoms with Crippen LogP contribution in [0.25, 0.3) is 0 Å². The summed E-state index contributed by atoms with van der Waals surface area (Å²) in [5, 5.41) is 23.7. The molecule has 0 aliphatic heterocycles. The molecule has 6 heteroatoms. The van der Waals surface area contributed by atoms with E-state index in [1.165, 1.54) is 96.3 Å². The topological polar surface area (TPSA) is 95.9 Å². The maximum absolute atomic E-state index is 13.2. The van der Waals surface area contributed by atoms with E-state index in [-0.39, 0.29) is 24.9 Å². The average Bonchev–Trinajstić information content (AvgIpc) is 3.24. The van der Waals surface area contributed by atoms with Crippen molar-refractivity contribution in [2.45, 2.75) is 264 Å². The minimum atomic E-state index is -0.796. The molecule has 3 N–H and O–H groups in total. The van der Waals surface area contributed by atoms with Gasteiger partial charge in [0, 0.05) is 6.42 Å². The van der Waals surface area contributed by atoms with E-state index in [0.29, 0.717) is 19.3 Å². The second kappa shape index (κ2) is 47.6. The molecule has 0 bridgehead atoms. The lowest BCUT2D eigenvalue weighted by Crippen LogP contribution is -2.46. The Morgan fingerprint density at radius 3 is 1.40 bits per heavy atom. The van der Waals surface area contributed by atoms with Crippen LogP contribution < -0.4 is 5.32 Å². The van der Waals surface area contributed by atoms with Crippen molar-refractivity contribution in [3.8, 4) is 0 Å². The number of carbonyl (C=O) groups excluding carboxylic acids is 2. The van der Waals surface area contributed by atoms with E-state index in [2.05, 4.69) is 86.8 Å². The van der Waals surface area contributed by atoms with E-state index < -0.39 is 18.2 Å². The van der Waals surface area contributed by atoms with Gasteiger partial charge >= 0.3 is 5.97 Å². The van der Waals surface area contributed by atoms with Crippen molar-refractivity contribution in [3.63, 3.8) is 0 Å². The average molecular weight is 840 g/mol. The zero-order valence-corrected chi connectivity index (χ0v) is 39.6. The van der Waals surface area contributed by atoms with E-state index in [9.17, 15) is 19.8 Å². The third-order valence-corrected chi connectivity index (χ3v) is 11.3. The van der Waals surface area contributed by atoms with Crippen LogP contribution in [0.2, 0.25) is 0 Å². The van der Waals surface area contributed by atoms with Gasteiger partial charge in [-0.2, -0.15) is 0 Å². The highest BCUT2D eigenvalue weighted by Crippen LogP contribution is 2.17. The van der Waals surface area contributed by atoms with E-state index in [1.807, 2.05) is 0 Å². The summed E-state index contributed by atoms with van der Waals surface area (Å²) in [5.41, 5.74) is 0. The highest BCUT2D eigenvalue weighted by atomic mass is 16.5. The molecule has 0 aromatic carbocycles. The van der Waals surface area contributed by atoms with Gasteiger partial charge in [0.15, 0.2) is 0 Å². The minimum absolute atomic E-state index is 0.0579. The van der Waals surface area contributed by atoms with E-state index in [0.717, 1.165) is 103 Å². The predicted molar refractivity (Wildman–Crippen MR) is 259 cm³/mol. The number of carbonyl (C=O) groups is 2. The van der Waals surface area contributed by atoms with Crippen LogP contribution in [0.3, 0.4) is 0 Å². The van der Waals surface area contributed by atoms with Crippen LogP contribution in [0.15, 0.2) is 60.8 Å². The van der Waals surface area contributed by atoms with Crippen LogP contribution in [0.5, 0.6) is 0 Å². The van der Waals surface area contributed by atoms with Gasteiger partial charge in [-0.05, 0) is 89.9 Å². The first kappa shape index (κ1) is 57.6. The van der Waals surface area contributed by atoms with E-state index in [1.54, 1.807) is 0 Å². The maximum atomic E-state index is 13.2. The number of ether oxygens (including phenoxy) is 1. The van der Waals surface area contributed by atoms with Crippen LogP contribution in [-0.4, -0.2) is 46.9 Å². The first-order valence-corrected chi connectivity index (χ1v) is 25.5. The summed E-state index contributed by atoms with van der Waals surface area (Å²) in [5.74, 6) is -0.512. The lowest BCUT2D eigenvalue weighted by Gasteiger charge is -2.24. The van der Waals surface area contributed by atoms with E-state index >= 15 is 0 Å². The van der Waals surface area contributed by atoms with Crippen molar-refractivity contribution in [2.75, 3.05) is 6.61 Å². The number of hydrogen-bond donors (Lipinski definition) is 3. The fourth-order valence-electron chi connectivity index (χ4n) is 7.47. The zero-order chi connectivity index (χ0) is 43.8. The molecule has 60 heavy (non-hydrogen) atoms. The second-order valence-electron chi connectivity index (χ2n) is 17.2. The SMILES string of the molecule is CC/C=C/C/C=C/C/C=C/CCCCCCC(=O)OC(CCCCCCC/C=C\C/C=C\CCCCC)CC(=O)NC(CO)C(O)CCCCCCCCCCCCCC. The van der Waals surface area contributed by atoms with Gasteiger partial charge in [-0.15, -0.1) is 0 Å². The van der Waals surface area contributed by atoms with Crippen molar-refractivity contribution in [1.82, 2.24) is 5.32 Å². The Hall–Kier alpha value is -2.44. The summed E-state index contributed by atoms with van der Waals surface area (Å²) >= 11 is 0. The zero-order valence-electron chi connectivity index (χ0n) is 39.6. The quantitative estimate of drug-likeness (QED) is 0.0322. The number of hydrogen-bond acceptors (Lipinski definition) is 5. The number of rotatable bonds is 45. The molecule has 0 radical (unpaired) electrons. The summed E-state index contributed by atoms with van der Waals surface area (Å²) < 4.78 is 5.92. The van der Waals surface area contributed by atoms with Gasteiger partial charge in [0.25, 0.3) is 0 Å². The fourth-order valence-corrected chi connectivity index (χ4v) is 7.47. The first-order valence-electron chi connectivity index (χ1n) is 25.5. The third-order valence-electron chi connectivity index (χ3n) is 11.3. The fraction of sp³-hybridized carbons (Fsp3) is 0.778. The molecule has 348 valence electrons. The molecule has 0 fully saturated rings. The van der Waals surface area contributed by atoms with Crippen LogP contribution in [0.1, 0.15) is 245 Å². The minimum Gasteiger partial charge on any atom is -0.462 e. The Morgan fingerprint density at radius 1 is 0.500 bits per heavy atom. The Bertz CT molecular complexity index is 1080. The first-order chi connectivity index (χ1) is 29.5. The Kier molecular flexibility index (Phi) is 45.7. The monoisotopic (exact) mass is 840 g/mol. The highest BCUT2D eigenvalue weighted by molar-refractivity contribution is 5.77. The van der Waals surface area contributed by atoms with Gasteiger partial charge in [0.2, 0.25) is 5.91 Å². The van der Waals surface area contributed by atoms with Gasteiger partial charge in [0.1, 0.15) is 6.10 Å². The number of unbranched alkanes of at least 4 members (excludes halogenated alkanes) is 23. The third kappa shape index (κ3) is 42.3. The molecule has 0 aliphatic carbocycles. The Labute approximate surface area is 371 Å². The standard InChI is InChI=1S/C54H97NO5/c1-4-7-10-13-16-19-22-25-27-28-30-33-36-39-42-45-50(60-54(59)47-44-41-38-35-32-29-26-23-20-17-14-11-8-5-2)48-53(58)55-51(49-56)52(57)46-43-40-37-34-31-24-21-18-15-12-9-6-3/h8,11,16-17,19-20,25-27,29,50-52,56-57H,4-7,9-10,12-15,18,21-24,28,30-49H2,1-3H3,(H,55,58)/b11-8+,19-16-,20-17+,27-25-,29-26+. The molecule has 0 heterocycles. The normalized spacial score (nSPS) is 13.8. The highest BCUT2D eigenvalue weighted by Gasteiger charge is 2.24. The number of aliphatic hydroxyl groups excluding tert-OH is 2. The summed E-state index contributed by atoms with van der Waals surface area (Å²) in [6.07, 6.45) is 58.4. The second-order valence-corrected chi connectivity index (χ2v) is 17.2. The number of allylic oxidation sites excluding steroid dienone is 10. The number of amides is 1. The van der Waals surface area contributed by atoms with Crippen molar-refractivity contribution < 1.29 is 24.5 Å². The molecule has 3 atom stereocenters. The molecule has 0 aromatic rings. The Balaban J connectivity index is 4.66. The molecule has 0 saturated carbocycles. The smallest absolute Gasteiger partial charge is 0.306 e. The largest absolute Gasteiger partial charge is 0.462 e. The van der Waals surface area contributed by atoms with Gasteiger partial charge in [-0.3, -0.25) is 9.59 Å². The van der Waals surface area contributed by atoms with Crippen LogP contribution in [0.4, 0.5) is 0 Å². The van der Waals surface area contributed by atoms with Crippen LogP contribution in [-0.2, 0) is 14.3 Å². The lowest BCUT2D eigenvalue weighted by molar-refractivity contribution is -0.151. The Morgan fingerprint density at radius 2 is 0.900 bits per heavy atom. The number of nitrogens with one attached hydrogen (secondary N) is 1. The summed E-state index contributed by atoms with van der Waals surface area (Å²) in [7, 11) is 0. The molecule has 0 spiro atoms. The molecule has 3 unspecified atom stereocenters. The molecular weight excluding hydrogens is 743 g/mol. The lowest BCUT2D eigenvalue weighted by atomic mass is 10.0. The molecule has 0 rings (SSSR count). The van der Waals surface area contributed by atoms with Crippen molar-refractivity contribution in [3.05, 3.63) is 60.8 Å². The van der Waals surface area contributed by atoms with Gasteiger partial charge in [-0.25, -0.2) is 0 Å². The van der Waals surface area contributed by atoms with Gasteiger partial charge in [0.05, 0.1) is 25.2 Å². The number of aliphatic hydroxyl groups is 2. The van der Waals surface area contributed by atoms with Crippen LogP contribution >= 0.6 is 0 Å². The van der Waals surface area contributed by atoms with Crippen LogP contribution in [0, 0.1) is 0 Å². The molecule has 0 aliphatic rings. The number of esters is 1. The molecule has 0 saturated heterocycles. The van der Waals surface area contributed by atoms with Crippen molar-refractivity contribution >= 4 is 11.9 Å². The predicted octanol–water partition coefficient (Wildman–Crippen LogP) is 15.2. The molecule has 1 amide bonds. The summed E-state index contributed by atoms with van der Waals surface area (Å²) in [6, 6.07) is -0.711. The molecule has 0 aromatic heterocycles. The summed E-state index contributed by atoms with van der Waals surface area (Å²) in [4.78, 5) is 26.1. The van der Waals surface area contributed by atoms with Crippen molar-refractivity contribution in [2.24, 2.45) is 0 Å². The summed E-state index contributed by atoms with van der Waals surface area (Å²) in [6.45, 7) is 6.33.